The highest BCUT2D eigenvalue weighted by molar-refractivity contribution is 9.10. The summed E-state index contributed by atoms with van der Waals surface area (Å²) in [4.78, 5) is 16.2. The van der Waals surface area contributed by atoms with Crippen LogP contribution in [0.1, 0.15) is 22.4 Å². The molecule has 1 N–H and O–H groups in total. The Hall–Kier alpha value is -2.48. The molecule has 152 valence electrons. The van der Waals surface area contributed by atoms with E-state index in [0.29, 0.717) is 21.5 Å². The first-order valence-corrected chi connectivity index (χ1v) is 9.86. The van der Waals surface area contributed by atoms with Crippen molar-refractivity contribution >= 4 is 44.0 Å². The molecule has 0 saturated carbocycles. The van der Waals surface area contributed by atoms with Crippen LogP contribution in [0.5, 0.6) is 11.6 Å². The number of nitrogens with one attached hydrogen (secondary N) is 1. The van der Waals surface area contributed by atoms with Crippen molar-refractivity contribution in [1.82, 2.24) is 10.4 Å². The molecule has 0 radical (unpaired) electrons. The number of benzene rings is 1. The van der Waals surface area contributed by atoms with Gasteiger partial charge in [0.2, 0.25) is 5.88 Å². The maximum absolute atomic E-state index is 12.0. The molecule has 0 atom stereocenters. The van der Waals surface area contributed by atoms with Gasteiger partial charge in [0, 0.05) is 17.1 Å². The lowest BCUT2D eigenvalue weighted by atomic mass is 10.1. The monoisotopic (exact) mass is 524 g/mol. The van der Waals surface area contributed by atoms with Crippen LogP contribution in [0.2, 0.25) is 0 Å². The van der Waals surface area contributed by atoms with Gasteiger partial charge < -0.3 is 14.2 Å². The number of rotatable bonds is 8. The van der Waals surface area contributed by atoms with Crippen molar-refractivity contribution in [1.29, 1.82) is 5.26 Å². The van der Waals surface area contributed by atoms with E-state index < -0.39 is 5.91 Å². The van der Waals surface area contributed by atoms with Crippen molar-refractivity contribution in [2.75, 3.05) is 20.8 Å². The van der Waals surface area contributed by atoms with Gasteiger partial charge >= 0.3 is 0 Å². The number of aryl methyl sites for hydroxylation is 1. The fourth-order valence-corrected chi connectivity index (χ4v) is 3.28. The lowest BCUT2D eigenvalue weighted by molar-refractivity contribution is -0.123. The number of nitriles is 1. The summed E-state index contributed by atoms with van der Waals surface area (Å²) >= 11 is 6.78. The highest BCUT2D eigenvalue weighted by atomic mass is 79.9. The van der Waals surface area contributed by atoms with Gasteiger partial charge in [0.25, 0.3) is 5.91 Å². The van der Waals surface area contributed by atoms with Crippen LogP contribution in [0.4, 0.5) is 0 Å². The van der Waals surface area contributed by atoms with E-state index >= 15 is 0 Å². The summed E-state index contributed by atoms with van der Waals surface area (Å²) in [6, 6.07) is 7.42. The van der Waals surface area contributed by atoms with E-state index in [1.54, 1.807) is 32.2 Å². The minimum Gasteiger partial charge on any atom is -0.496 e. The van der Waals surface area contributed by atoms with Crippen LogP contribution in [0.3, 0.4) is 0 Å². The summed E-state index contributed by atoms with van der Waals surface area (Å²) in [7, 11) is 3.10. The number of carbonyl (C=O) groups excluding carboxylic acids is 1. The van der Waals surface area contributed by atoms with Gasteiger partial charge in [-0.2, -0.15) is 10.4 Å². The molecule has 0 saturated heterocycles. The van der Waals surface area contributed by atoms with Crippen LogP contribution < -0.4 is 14.9 Å². The number of carbonyl (C=O) groups is 1. The Morgan fingerprint density at radius 3 is 2.76 bits per heavy atom. The molecular formula is C19H18Br2N4O4. The molecule has 0 aliphatic rings. The minimum atomic E-state index is -0.492. The topological polar surface area (TPSA) is 106 Å². The van der Waals surface area contributed by atoms with Gasteiger partial charge in [0.05, 0.1) is 30.1 Å². The van der Waals surface area contributed by atoms with Gasteiger partial charge in [-0.3, -0.25) is 4.79 Å². The number of aromatic nitrogens is 1. The zero-order chi connectivity index (χ0) is 21.4. The molecule has 1 aromatic heterocycles. The maximum Gasteiger partial charge on any atom is 0.278 e. The summed E-state index contributed by atoms with van der Waals surface area (Å²) < 4.78 is 17.2. The Labute approximate surface area is 185 Å². The fraction of sp³-hybridized carbons (Fsp3) is 0.263. The van der Waals surface area contributed by atoms with Crippen molar-refractivity contribution in [3.8, 4) is 17.7 Å². The summed E-state index contributed by atoms with van der Waals surface area (Å²) in [5.74, 6) is 0.268. The Kier molecular flexibility index (Phi) is 8.57. The third kappa shape index (κ3) is 6.00. The van der Waals surface area contributed by atoms with E-state index in [0.717, 1.165) is 10.0 Å². The lowest BCUT2D eigenvalue weighted by Gasteiger charge is -2.13. The number of amides is 1. The molecule has 1 heterocycles. The smallest absolute Gasteiger partial charge is 0.278 e. The standard InChI is InChI=1S/C19H18Br2N4O4/c1-11-18(21)14(9-27-2)13(7-22)19(24-11)29-10-17(26)25-23-8-12-4-5-16(28-3)15(20)6-12/h4-6,8H,9-10H2,1-3H3,(H,25,26)/b23-8+. The molecule has 0 fully saturated rings. The summed E-state index contributed by atoms with van der Waals surface area (Å²) in [6.07, 6.45) is 1.49. The third-order valence-electron chi connectivity index (χ3n) is 3.69. The highest BCUT2D eigenvalue weighted by Gasteiger charge is 2.18. The summed E-state index contributed by atoms with van der Waals surface area (Å²) in [5, 5.41) is 13.3. The van der Waals surface area contributed by atoms with Gasteiger partial charge in [-0.25, -0.2) is 10.4 Å². The van der Waals surface area contributed by atoms with Gasteiger partial charge in [-0.1, -0.05) is 0 Å². The zero-order valence-corrected chi connectivity index (χ0v) is 19.1. The second-order valence-electron chi connectivity index (χ2n) is 5.69. The predicted octanol–water partition coefficient (Wildman–Crippen LogP) is 3.47. The number of methoxy groups -OCH3 is 2. The van der Waals surface area contributed by atoms with E-state index in [1.807, 2.05) is 6.07 Å². The average Bonchev–Trinajstić information content (AvgIpc) is 2.70. The van der Waals surface area contributed by atoms with Crippen LogP contribution in [0.15, 0.2) is 32.2 Å². The van der Waals surface area contributed by atoms with Crippen molar-refractivity contribution in [3.63, 3.8) is 0 Å². The number of hydrogen-bond acceptors (Lipinski definition) is 7. The fourth-order valence-electron chi connectivity index (χ4n) is 2.32. The molecule has 2 aromatic rings. The average molecular weight is 526 g/mol. The van der Waals surface area contributed by atoms with Crippen molar-refractivity contribution < 1.29 is 19.0 Å². The zero-order valence-electron chi connectivity index (χ0n) is 16.0. The number of ether oxygens (including phenoxy) is 3. The molecule has 0 bridgehead atoms. The molecule has 0 unspecified atom stereocenters. The van der Waals surface area contributed by atoms with Gasteiger partial charge in [0.1, 0.15) is 17.4 Å². The molecule has 29 heavy (non-hydrogen) atoms. The second kappa shape index (κ2) is 10.9. The molecule has 2 rings (SSSR count). The van der Waals surface area contributed by atoms with Gasteiger partial charge in [-0.15, -0.1) is 0 Å². The number of pyridine rings is 1. The molecule has 1 aromatic carbocycles. The van der Waals surface area contributed by atoms with Crippen LogP contribution >= 0.6 is 31.9 Å². The number of halogens is 2. The Balaban J connectivity index is 2.02. The normalized spacial score (nSPS) is 10.6. The van der Waals surface area contributed by atoms with Crippen molar-refractivity contribution in [3.05, 3.63) is 49.5 Å². The van der Waals surface area contributed by atoms with Crippen molar-refractivity contribution in [2.24, 2.45) is 5.10 Å². The van der Waals surface area contributed by atoms with E-state index in [2.05, 4.69) is 47.4 Å². The molecular weight excluding hydrogens is 508 g/mol. The first-order valence-electron chi connectivity index (χ1n) is 8.27. The summed E-state index contributed by atoms with van der Waals surface area (Å²) in [6.45, 7) is 1.62. The second-order valence-corrected chi connectivity index (χ2v) is 7.34. The van der Waals surface area contributed by atoms with Crippen LogP contribution in [0, 0.1) is 18.3 Å². The molecule has 0 spiro atoms. The minimum absolute atomic E-state index is 0.0680. The molecule has 0 aliphatic carbocycles. The number of hydrazone groups is 1. The Morgan fingerprint density at radius 2 is 2.14 bits per heavy atom. The number of nitrogens with zero attached hydrogens (tertiary/aromatic N) is 3. The summed E-state index contributed by atoms with van der Waals surface area (Å²) in [5.41, 5.74) is 4.57. The molecule has 1 amide bonds. The van der Waals surface area contributed by atoms with Crippen LogP contribution in [-0.2, 0) is 16.1 Å². The van der Waals surface area contributed by atoms with Crippen molar-refractivity contribution in [2.45, 2.75) is 13.5 Å². The van der Waals surface area contributed by atoms with Gasteiger partial charge in [-0.05, 0) is 62.5 Å². The highest BCUT2D eigenvalue weighted by Crippen LogP contribution is 2.30. The van der Waals surface area contributed by atoms with E-state index in [4.69, 9.17) is 14.2 Å². The predicted molar refractivity (Wildman–Crippen MR) is 114 cm³/mol. The van der Waals surface area contributed by atoms with E-state index in [-0.39, 0.29) is 24.7 Å². The van der Waals surface area contributed by atoms with Crippen LogP contribution in [-0.4, -0.2) is 37.9 Å². The first kappa shape index (κ1) is 22.8. The Bertz CT molecular complexity index is 974. The molecule has 10 heteroatoms. The SMILES string of the molecule is COCc1c(Br)c(C)nc(OCC(=O)N/N=C/c2ccc(OC)c(Br)c2)c1C#N. The molecule has 0 aliphatic heterocycles. The van der Waals surface area contributed by atoms with E-state index in [9.17, 15) is 10.1 Å². The maximum atomic E-state index is 12.0. The number of hydrogen-bond donors (Lipinski definition) is 1. The molecule has 8 nitrogen and oxygen atoms in total. The van der Waals surface area contributed by atoms with Crippen LogP contribution in [0.25, 0.3) is 0 Å². The first-order chi connectivity index (χ1) is 13.9. The quantitative estimate of drug-likeness (QED) is 0.418. The lowest BCUT2D eigenvalue weighted by Crippen LogP contribution is -2.25. The largest absolute Gasteiger partial charge is 0.496 e. The van der Waals surface area contributed by atoms with Gasteiger partial charge in [0.15, 0.2) is 6.61 Å². The Morgan fingerprint density at radius 1 is 1.38 bits per heavy atom. The third-order valence-corrected chi connectivity index (χ3v) is 5.36. The van der Waals surface area contributed by atoms with E-state index in [1.165, 1.54) is 13.3 Å².